The molecule has 4 fully saturated rings. The molecule has 4 aliphatic rings. The van der Waals surface area contributed by atoms with Gasteiger partial charge in [-0.05, 0) is 87.7 Å². The topological polar surface area (TPSA) is 40.5 Å². The van der Waals surface area contributed by atoms with Gasteiger partial charge in [0.05, 0.1) is 0 Å². The molecule has 0 unspecified atom stereocenters. The Bertz CT molecular complexity index is 409. The molecular formula is C18H26O2. The van der Waals surface area contributed by atoms with Crippen LogP contribution in [-0.4, -0.2) is 10.2 Å². The van der Waals surface area contributed by atoms with Crippen molar-refractivity contribution in [2.45, 2.75) is 52.4 Å². The zero-order valence-corrected chi connectivity index (χ0v) is 12.6. The van der Waals surface area contributed by atoms with Crippen molar-refractivity contribution in [2.75, 3.05) is 0 Å². The Morgan fingerprint density at radius 1 is 0.750 bits per heavy atom. The predicted octanol–water partition coefficient (Wildman–Crippen LogP) is 4.55. The standard InChI is InChI=1S/C10H16.C8H10O2/c1-7-2-9-4-8(1)5-10(3-7)6-9;1-5-3-4-7(9)6(2)8(5)10/h7-10H,1-6H2;3-4,9-10H,1-2H3. The molecule has 0 spiro atoms. The van der Waals surface area contributed by atoms with Gasteiger partial charge in [0.25, 0.3) is 0 Å². The first-order chi connectivity index (χ1) is 9.52. The first-order valence-electron chi connectivity index (χ1n) is 8.01. The molecule has 110 valence electrons. The van der Waals surface area contributed by atoms with E-state index in [0.717, 1.165) is 5.56 Å². The number of rotatable bonds is 0. The lowest BCUT2D eigenvalue weighted by Crippen LogP contribution is -2.38. The van der Waals surface area contributed by atoms with Gasteiger partial charge < -0.3 is 10.2 Å². The number of hydrogen-bond donors (Lipinski definition) is 2. The van der Waals surface area contributed by atoms with Crippen LogP contribution in [0.25, 0.3) is 0 Å². The zero-order chi connectivity index (χ0) is 14.3. The Hall–Kier alpha value is -1.18. The van der Waals surface area contributed by atoms with Crippen LogP contribution >= 0.6 is 0 Å². The van der Waals surface area contributed by atoms with E-state index in [0.29, 0.717) is 5.56 Å². The van der Waals surface area contributed by atoms with Crippen LogP contribution < -0.4 is 0 Å². The molecule has 0 saturated heterocycles. The molecule has 2 nitrogen and oxygen atoms in total. The molecule has 2 heteroatoms. The van der Waals surface area contributed by atoms with E-state index in [1.54, 1.807) is 64.5 Å². The van der Waals surface area contributed by atoms with Crippen molar-refractivity contribution in [2.24, 2.45) is 23.7 Å². The second kappa shape index (κ2) is 5.31. The van der Waals surface area contributed by atoms with E-state index < -0.39 is 0 Å². The molecule has 0 amide bonds. The molecule has 0 aromatic heterocycles. The van der Waals surface area contributed by atoms with Gasteiger partial charge in [0, 0.05) is 5.56 Å². The van der Waals surface area contributed by atoms with Crippen molar-refractivity contribution < 1.29 is 10.2 Å². The average Bonchev–Trinajstić information content (AvgIpc) is 2.40. The molecule has 1 aromatic rings. The lowest BCUT2D eigenvalue weighted by atomic mass is 9.56. The van der Waals surface area contributed by atoms with Crippen LogP contribution in [0.1, 0.15) is 49.7 Å². The maximum absolute atomic E-state index is 9.23. The number of benzene rings is 1. The highest BCUT2D eigenvalue weighted by Crippen LogP contribution is 2.53. The Kier molecular flexibility index (Phi) is 3.66. The molecule has 4 bridgehead atoms. The molecule has 1 aromatic carbocycles. The third-order valence-electron chi connectivity index (χ3n) is 5.60. The van der Waals surface area contributed by atoms with Crippen LogP contribution in [-0.2, 0) is 0 Å². The highest BCUT2D eigenvalue weighted by Gasteiger charge is 2.41. The van der Waals surface area contributed by atoms with Crippen LogP contribution in [0, 0.1) is 37.5 Å². The molecule has 20 heavy (non-hydrogen) atoms. The second-order valence-electron chi connectivity index (χ2n) is 7.25. The van der Waals surface area contributed by atoms with Crippen molar-refractivity contribution in [3.8, 4) is 11.5 Å². The highest BCUT2D eigenvalue weighted by molar-refractivity contribution is 5.46. The van der Waals surface area contributed by atoms with Crippen molar-refractivity contribution in [3.63, 3.8) is 0 Å². The summed E-state index contributed by atoms with van der Waals surface area (Å²) < 4.78 is 0. The minimum atomic E-state index is 0.142. The smallest absolute Gasteiger partial charge is 0.125 e. The average molecular weight is 274 g/mol. The quantitative estimate of drug-likeness (QED) is 0.728. The maximum Gasteiger partial charge on any atom is 0.125 e. The maximum atomic E-state index is 9.23. The van der Waals surface area contributed by atoms with Crippen LogP contribution in [0.3, 0.4) is 0 Å². The number of hydrogen-bond acceptors (Lipinski definition) is 2. The predicted molar refractivity (Wildman–Crippen MR) is 80.9 cm³/mol. The first-order valence-corrected chi connectivity index (χ1v) is 8.01. The summed E-state index contributed by atoms with van der Waals surface area (Å²) in [5.41, 5.74) is 1.33. The third kappa shape index (κ3) is 2.65. The Morgan fingerprint density at radius 3 is 1.50 bits per heavy atom. The lowest BCUT2D eigenvalue weighted by molar-refractivity contribution is 0.0198. The van der Waals surface area contributed by atoms with Gasteiger partial charge in [-0.1, -0.05) is 6.07 Å². The van der Waals surface area contributed by atoms with Crippen LogP contribution in [0.5, 0.6) is 11.5 Å². The molecule has 0 radical (unpaired) electrons. The van der Waals surface area contributed by atoms with Crippen molar-refractivity contribution in [1.82, 2.24) is 0 Å². The van der Waals surface area contributed by atoms with Gasteiger partial charge in [-0.3, -0.25) is 0 Å². The van der Waals surface area contributed by atoms with Gasteiger partial charge in [0.2, 0.25) is 0 Å². The summed E-state index contributed by atoms with van der Waals surface area (Å²) >= 11 is 0. The fraction of sp³-hybridized carbons (Fsp3) is 0.667. The monoisotopic (exact) mass is 274 g/mol. The fourth-order valence-electron chi connectivity index (χ4n) is 4.81. The summed E-state index contributed by atoms with van der Waals surface area (Å²) in [7, 11) is 0. The van der Waals surface area contributed by atoms with E-state index in [1.165, 1.54) is 23.7 Å². The Balaban J connectivity index is 0.000000121. The third-order valence-corrected chi connectivity index (χ3v) is 5.60. The van der Waals surface area contributed by atoms with E-state index in [1.807, 2.05) is 0 Å². The number of phenols is 2. The summed E-state index contributed by atoms with van der Waals surface area (Å²) in [6, 6.07) is 3.25. The lowest BCUT2D eigenvalue weighted by Gasteiger charge is -2.49. The molecular weight excluding hydrogens is 248 g/mol. The number of phenolic OH excluding ortho intramolecular Hbond substituents is 2. The Morgan fingerprint density at radius 2 is 1.15 bits per heavy atom. The zero-order valence-electron chi connectivity index (χ0n) is 12.6. The van der Waals surface area contributed by atoms with Gasteiger partial charge in [0.1, 0.15) is 11.5 Å². The van der Waals surface area contributed by atoms with Gasteiger partial charge in [-0.25, -0.2) is 0 Å². The summed E-state index contributed by atoms with van der Waals surface area (Å²) in [5.74, 6) is 5.03. The SMILES string of the molecule is C1C2CC3CC1CC(C2)C3.Cc1ccc(O)c(C)c1O. The number of aromatic hydroxyl groups is 2. The summed E-state index contributed by atoms with van der Waals surface area (Å²) in [5, 5.41) is 18.3. The summed E-state index contributed by atoms with van der Waals surface area (Å²) in [6.45, 7) is 3.47. The van der Waals surface area contributed by atoms with Gasteiger partial charge >= 0.3 is 0 Å². The molecule has 4 saturated carbocycles. The minimum Gasteiger partial charge on any atom is -0.508 e. The van der Waals surface area contributed by atoms with E-state index in [2.05, 4.69) is 0 Å². The van der Waals surface area contributed by atoms with E-state index in [4.69, 9.17) is 5.11 Å². The molecule has 0 aliphatic heterocycles. The normalized spacial score (nSPS) is 33.7. The summed E-state index contributed by atoms with van der Waals surface area (Å²) in [4.78, 5) is 0. The van der Waals surface area contributed by atoms with E-state index >= 15 is 0 Å². The Labute approximate surface area is 121 Å². The largest absolute Gasteiger partial charge is 0.508 e. The molecule has 0 heterocycles. The molecule has 0 atom stereocenters. The van der Waals surface area contributed by atoms with Crippen molar-refractivity contribution in [3.05, 3.63) is 23.3 Å². The van der Waals surface area contributed by atoms with E-state index in [9.17, 15) is 5.11 Å². The van der Waals surface area contributed by atoms with Crippen LogP contribution in [0.15, 0.2) is 12.1 Å². The van der Waals surface area contributed by atoms with Gasteiger partial charge in [-0.15, -0.1) is 0 Å². The minimum absolute atomic E-state index is 0.142. The van der Waals surface area contributed by atoms with Gasteiger partial charge in [0.15, 0.2) is 0 Å². The van der Waals surface area contributed by atoms with Crippen molar-refractivity contribution >= 4 is 0 Å². The number of aryl methyl sites for hydroxylation is 1. The van der Waals surface area contributed by atoms with E-state index in [-0.39, 0.29) is 11.5 Å². The fourth-order valence-corrected chi connectivity index (χ4v) is 4.81. The summed E-state index contributed by atoms with van der Waals surface area (Å²) in [6.07, 6.45) is 9.62. The molecule has 2 N–H and O–H groups in total. The molecule has 5 rings (SSSR count). The second-order valence-corrected chi connectivity index (χ2v) is 7.25. The molecule has 4 aliphatic carbocycles. The van der Waals surface area contributed by atoms with Crippen LogP contribution in [0.4, 0.5) is 0 Å². The first kappa shape index (κ1) is 13.8. The van der Waals surface area contributed by atoms with Crippen LogP contribution in [0.2, 0.25) is 0 Å². The highest BCUT2D eigenvalue weighted by atomic mass is 16.3. The van der Waals surface area contributed by atoms with Crippen molar-refractivity contribution in [1.29, 1.82) is 0 Å². The van der Waals surface area contributed by atoms with Gasteiger partial charge in [-0.2, -0.15) is 0 Å².